The molecule has 0 amide bonds. The Bertz CT molecular complexity index is 628. The van der Waals surface area contributed by atoms with E-state index in [0.717, 1.165) is 18.6 Å². The molecular weight excluding hydrogens is 313 g/mol. The summed E-state index contributed by atoms with van der Waals surface area (Å²) < 4.78 is 43.1. The largest absolute Gasteiger partial charge is 0.478 e. The lowest BCUT2D eigenvalue weighted by Crippen LogP contribution is -2.39. The summed E-state index contributed by atoms with van der Waals surface area (Å²) in [5.74, 6) is -2.05. The molecule has 1 aliphatic rings. The van der Waals surface area contributed by atoms with Gasteiger partial charge in [-0.3, -0.25) is 4.79 Å². The number of hydrogen-bond acceptors (Lipinski definition) is 3. The van der Waals surface area contributed by atoms with E-state index < -0.39 is 35.7 Å². The molecule has 0 heterocycles. The van der Waals surface area contributed by atoms with Gasteiger partial charge in [0.05, 0.1) is 12.0 Å². The van der Waals surface area contributed by atoms with Gasteiger partial charge in [0, 0.05) is 5.57 Å². The fourth-order valence-electron chi connectivity index (χ4n) is 2.41. The highest BCUT2D eigenvalue weighted by Crippen LogP contribution is 2.45. The third-order valence-electron chi connectivity index (χ3n) is 3.87. The van der Waals surface area contributed by atoms with Crippen LogP contribution in [0.2, 0.25) is 0 Å². The third kappa shape index (κ3) is 3.72. The zero-order valence-electron chi connectivity index (χ0n) is 12.2. The summed E-state index contributed by atoms with van der Waals surface area (Å²) in [6, 6.07) is 4.47. The Hall–Kier alpha value is -2.31. The van der Waals surface area contributed by atoms with Crippen LogP contribution in [-0.2, 0) is 26.1 Å². The van der Waals surface area contributed by atoms with Crippen LogP contribution in [0, 0.1) is 0 Å². The summed E-state index contributed by atoms with van der Waals surface area (Å²) in [5.41, 5.74) is -1.57. The number of esters is 1. The van der Waals surface area contributed by atoms with Crippen LogP contribution in [0.1, 0.15) is 36.8 Å². The van der Waals surface area contributed by atoms with Crippen molar-refractivity contribution in [3.8, 4) is 0 Å². The zero-order chi connectivity index (χ0) is 17.3. The Labute approximate surface area is 130 Å². The van der Waals surface area contributed by atoms with Crippen molar-refractivity contribution >= 4 is 11.9 Å². The quantitative estimate of drug-likeness (QED) is 0.662. The molecule has 1 aliphatic carbocycles. The van der Waals surface area contributed by atoms with E-state index in [1.807, 2.05) is 0 Å². The summed E-state index contributed by atoms with van der Waals surface area (Å²) >= 11 is 0. The number of carbonyl (C=O) groups excluding carboxylic acids is 1. The van der Waals surface area contributed by atoms with Gasteiger partial charge >= 0.3 is 18.1 Å². The second-order valence-electron chi connectivity index (χ2n) is 5.48. The predicted octanol–water partition coefficient (Wildman–Crippen LogP) is 3.66. The third-order valence-corrected chi connectivity index (χ3v) is 3.87. The number of ether oxygens (including phenoxy) is 1. The van der Waals surface area contributed by atoms with Crippen LogP contribution in [0.25, 0.3) is 0 Å². The van der Waals surface area contributed by atoms with Crippen molar-refractivity contribution in [3.63, 3.8) is 0 Å². The fourth-order valence-corrected chi connectivity index (χ4v) is 2.41. The van der Waals surface area contributed by atoms with E-state index in [4.69, 9.17) is 9.84 Å². The summed E-state index contributed by atoms with van der Waals surface area (Å²) in [4.78, 5) is 22.5. The minimum atomic E-state index is -4.43. The van der Waals surface area contributed by atoms with E-state index in [1.165, 1.54) is 12.1 Å². The van der Waals surface area contributed by atoms with Gasteiger partial charge in [0.15, 0.2) is 0 Å². The summed E-state index contributed by atoms with van der Waals surface area (Å²) in [6.07, 6.45) is -3.14. The molecule has 0 spiro atoms. The van der Waals surface area contributed by atoms with Crippen molar-refractivity contribution in [3.05, 3.63) is 47.5 Å². The molecule has 1 saturated carbocycles. The van der Waals surface area contributed by atoms with Crippen molar-refractivity contribution in [1.29, 1.82) is 0 Å². The lowest BCUT2D eigenvalue weighted by atomic mass is 9.74. The normalized spacial score (nSPS) is 16.3. The highest BCUT2D eigenvalue weighted by atomic mass is 19.4. The van der Waals surface area contributed by atoms with Crippen LogP contribution >= 0.6 is 0 Å². The smallest absolute Gasteiger partial charge is 0.416 e. The first-order valence-electron chi connectivity index (χ1n) is 6.95. The van der Waals surface area contributed by atoms with Gasteiger partial charge in [-0.25, -0.2) is 4.79 Å². The van der Waals surface area contributed by atoms with E-state index in [0.29, 0.717) is 18.4 Å². The summed E-state index contributed by atoms with van der Waals surface area (Å²) in [7, 11) is 0. The number of benzene rings is 1. The second-order valence-corrected chi connectivity index (χ2v) is 5.48. The molecule has 23 heavy (non-hydrogen) atoms. The molecule has 1 N–H and O–H groups in total. The van der Waals surface area contributed by atoms with Gasteiger partial charge in [0.2, 0.25) is 0 Å². The van der Waals surface area contributed by atoms with Gasteiger partial charge in [-0.1, -0.05) is 18.7 Å². The molecule has 1 aromatic rings. The number of alkyl halides is 3. The van der Waals surface area contributed by atoms with Gasteiger partial charge in [0.1, 0.15) is 5.60 Å². The highest BCUT2D eigenvalue weighted by Gasteiger charge is 2.43. The van der Waals surface area contributed by atoms with E-state index in [9.17, 15) is 22.8 Å². The molecule has 7 heteroatoms. The van der Waals surface area contributed by atoms with Gasteiger partial charge in [-0.15, -0.1) is 0 Å². The second kappa shape index (κ2) is 6.06. The number of rotatable bonds is 5. The van der Waals surface area contributed by atoms with Crippen molar-refractivity contribution in [2.24, 2.45) is 0 Å². The first-order valence-corrected chi connectivity index (χ1v) is 6.95. The van der Waals surface area contributed by atoms with Crippen LogP contribution < -0.4 is 0 Å². The molecular formula is C16H15F3O4. The number of aliphatic carboxylic acids is 1. The van der Waals surface area contributed by atoms with Crippen LogP contribution in [0.4, 0.5) is 13.2 Å². The van der Waals surface area contributed by atoms with Crippen molar-refractivity contribution in [2.75, 3.05) is 0 Å². The maximum Gasteiger partial charge on any atom is 0.416 e. The fraction of sp³-hybridized carbons (Fsp3) is 0.375. The van der Waals surface area contributed by atoms with E-state index in [-0.39, 0.29) is 5.57 Å². The van der Waals surface area contributed by atoms with E-state index in [1.54, 1.807) is 0 Å². The van der Waals surface area contributed by atoms with E-state index in [2.05, 4.69) is 6.58 Å². The molecule has 4 nitrogen and oxygen atoms in total. The van der Waals surface area contributed by atoms with Crippen LogP contribution in [0.5, 0.6) is 0 Å². The summed E-state index contributed by atoms with van der Waals surface area (Å²) in [6.45, 7) is 3.25. The number of carboxylic acids is 1. The Kier molecular flexibility index (Phi) is 4.49. The number of hydrogen-bond donors (Lipinski definition) is 1. The maximum atomic E-state index is 12.6. The Morgan fingerprint density at radius 2 is 1.78 bits per heavy atom. The number of carboxylic acid groups (broad SMARTS) is 1. The first-order chi connectivity index (χ1) is 10.6. The van der Waals surface area contributed by atoms with Crippen LogP contribution in [-0.4, -0.2) is 17.0 Å². The molecule has 0 bridgehead atoms. The Morgan fingerprint density at radius 1 is 1.22 bits per heavy atom. The molecule has 1 aromatic carbocycles. The van der Waals surface area contributed by atoms with Gasteiger partial charge in [0.25, 0.3) is 0 Å². The van der Waals surface area contributed by atoms with Gasteiger partial charge < -0.3 is 9.84 Å². The number of carbonyl (C=O) groups is 2. The molecule has 124 valence electrons. The first kappa shape index (κ1) is 17.1. The van der Waals surface area contributed by atoms with Crippen LogP contribution in [0.15, 0.2) is 36.4 Å². The molecule has 0 unspecified atom stereocenters. The standard InChI is InChI=1S/C16H15F3O4/c1-10(14(21)22)9-13(20)23-15(7-2-8-15)11-3-5-12(6-4-11)16(17,18)19/h3-6H,1-2,7-9H2,(H,21,22). The molecule has 0 saturated heterocycles. The molecule has 1 fully saturated rings. The Morgan fingerprint density at radius 3 is 2.17 bits per heavy atom. The Balaban J connectivity index is 2.13. The topological polar surface area (TPSA) is 63.6 Å². The monoisotopic (exact) mass is 328 g/mol. The summed E-state index contributed by atoms with van der Waals surface area (Å²) in [5, 5.41) is 8.71. The molecule has 0 aliphatic heterocycles. The van der Waals surface area contributed by atoms with Crippen LogP contribution in [0.3, 0.4) is 0 Å². The number of halogens is 3. The average Bonchev–Trinajstić information content (AvgIpc) is 2.42. The highest BCUT2D eigenvalue weighted by molar-refractivity contribution is 5.91. The lowest BCUT2D eigenvalue weighted by molar-refractivity contribution is -0.171. The average molecular weight is 328 g/mol. The van der Waals surface area contributed by atoms with Crippen molar-refractivity contribution < 1.29 is 32.6 Å². The minimum absolute atomic E-state index is 0.295. The molecule has 0 atom stereocenters. The molecule has 0 aromatic heterocycles. The molecule has 2 rings (SSSR count). The molecule has 0 radical (unpaired) electrons. The van der Waals surface area contributed by atoms with Crippen molar-refractivity contribution in [2.45, 2.75) is 37.5 Å². The zero-order valence-corrected chi connectivity index (χ0v) is 12.2. The predicted molar refractivity (Wildman–Crippen MR) is 74.5 cm³/mol. The van der Waals surface area contributed by atoms with E-state index >= 15 is 0 Å². The van der Waals surface area contributed by atoms with Gasteiger partial charge in [-0.05, 0) is 37.0 Å². The van der Waals surface area contributed by atoms with Crippen molar-refractivity contribution in [1.82, 2.24) is 0 Å². The van der Waals surface area contributed by atoms with Gasteiger partial charge in [-0.2, -0.15) is 13.2 Å². The lowest BCUT2D eigenvalue weighted by Gasteiger charge is -2.41. The minimum Gasteiger partial charge on any atom is -0.478 e. The maximum absolute atomic E-state index is 12.6. The SMILES string of the molecule is C=C(CC(=O)OC1(c2ccc(C(F)(F)F)cc2)CCC1)C(=O)O.